The molecule has 18 heavy (non-hydrogen) atoms. The Bertz CT molecular complexity index is 511. The standard InChI is InChI=1S/C14H17N3O/c1-3-13(15)11-6-4-5-10(7-11)12-8-16-14(18-2)17-9-12/h4-9,13H,3,15H2,1-2H3. The number of nitrogens with zero attached hydrogens (tertiary/aromatic N) is 2. The van der Waals surface area contributed by atoms with Crippen LogP contribution in [0.15, 0.2) is 36.7 Å². The van der Waals surface area contributed by atoms with Gasteiger partial charge in [-0.2, -0.15) is 0 Å². The summed E-state index contributed by atoms with van der Waals surface area (Å²) < 4.78 is 4.94. The molecule has 0 radical (unpaired) electrons. The van der Waals surface area contributed by atoms with Crippen LogP contribution in [0.1, 0.15) is 24.9 Å². The number of methoxy groups -OCH3 is 1. The molecular weight excluding hydrogens is 226 g/mol. The van der Waals surface area contributed by atoms with Crippen LogP contribution in [0.5, 0.6) is 6.01 Å². The van der Waals surface area contributed by atoms with Gasteiger partial charge >= 0.3 is 6.01 Å². The molecule has 0 amide bonds. The van der Waals surface area contributed by atoms with Gasteiger partial charge in [-0.05, 0) is 23.6 Å². The predicted octanol–water partition coefficient (Wildman–Crippen LogP) is 2.56. The second kappa shape index (κ2) is 5.60. The molecule has 1 aromatic heterocycles. The summed E-state index contributed by atoms with van der Waals surface area (Å²) in [5.41, 5.74) is 9.19. The maximum Gasteiger partial charge on any atom is 0.316 e. The zero-order valence-electron chi connectivity index (χ0n) is 10.6. The molecule has 0 spiro atoms. The first-order chi connectivity index (χ1) is 8.74. The fourth-order valence-corrected chi connectivity index (χ4v) is 1.76. The average Bonchev–Trinajstić information content (AvgIpc) is 2.46. The summed E-state index contributed by atoms with van der Waals surface area (Å²) >= 11 is 0. The molecule has 4 nitrogen and oxygen atoms in total. The number of benzene rings is 1. The number of rotatable bonds is 4. The highest BCUT2D eigenvalue weighted by molar-refractivity contribution is 5.62. The van der Waals surface area contributed by atoms with Gasteiger partial charge in [0.1, 0.15) is 0 Å². The first kappa shape index (κ1) is 12.5. The molecule has 0 aliphatic heterocycles. The number of hydrogen-bond acceptors (Lipinski definition) is 4. The maximum absolute atomic E-state index is 6.04. The Labute approximate surface area is 107 Å². The van der Waals surface area contributed by atoms with E-state index in [0.717, 1.165) is 23.1 Å². The molecule has 0 aliphatic carbocycles. The molecule has 2 rings (SSSR count). The Kier molecular flexibility index (Phi) is 3.89. The van der Waals surface area contributed by atoms with E-state index >= 15 is 0 Å². The van der Waals surface area contributed by atoms with Crippen molar-refractivity contribution in [3.8, 4) is 17.1 Å². The molecule has 1 atom stereocenters. The Morgan fingerprint density at radius 3 is 2.56 bits per heavy atom. The monoisotopic (exact) mass is 243 g/mol. The molecule has 0 fully saturated rings. The third-order valence-electron chi connectivity index (χ3n) is 2.90. The summed E-state index contributed by atoms with van der Waals surface area (Å²) in [7, 11) is 1.55. The predicted molar refractivity (Wildman–Crippen MR) is 71.2 cm³/mol. The molecule has 1 aromatic carbocycles. The van der Waals surface area contributed by atoms with Crippen molar-refractivity contribution in [3.63, 3.8) is 0 Å². The molecule has 1 unspecified atom stereocenters. The first-order valence-corrected chi connectivity index (χ1v) is 5.96. The summed E-state index contributed by atoms with van der Waals surface area (Å²) in [6, 6.07) is 8.60. The number of ether oxygens (including phenoxy) is 1. The van der Waals surface area contributed by atoms with Crippen molar-refractivity contribution in [3.05, 3.63) is 42.2 Å². The SMILES string of the molecule is CCC(N)c1cccc(-c2cnc(OC)nc2)c1. The van der Waals surface area contributed by atoms with E-state index in [0.29, 0.717) is 6.01 Å². The Morgan fingerprint density at radius 1 is 1.22 bits per heavy atom. The van der Waals surface area contributed by atoms with Crippen molar-refractivity contribution in [2.45, 2.75) is 19.4 Å². The number of aromatic nitrogens is 2. The molecule has 2 aromatic rings. The minimum Gasteiger partial charge on any atom is -0.467 e. The van der Waals surface area contributed by atoms with Gasteiger partial charge in [0, 0.05) is 24.0 Å². The summed E-state index contributed by atoms with van der Waals surface area (Å²) in [6.45, 7) is 2.08. The topological polar surface area (TPSA) is 61.0 Å². The molecule has 0 saturated heterocycles. The molecule has 0 saturated carbocycles. The van der Waals surface area contributed by atoms with Crippen molar-refractivity contribution in [2.24, 2.45) is 5.73 Å². The van der Waals surface area contributed by atoms with Crippen molar-refractivity contribution in [1.82, 2.24) is 9.97 Å². The van der Waals surface area contributed by atoms with E-state index in [1.807, 2.05) is 18.2 Å². The lowest BCUT2D eigenvalue weighted by molar-refractivity contribution is 0.380. The van der Waals surface area contributed by atoms with Crippen LogP contribution >= 0.6 is 0 Å². The van der Waals surface area contributed by atoms with Gasteiger partial charge in [0.2, 0.25) is 0 Å². The quantitative estimate of drug-likeness (QED) is 0.896. The largest absolute Gasteiger partial charge is 0.467 e. The van der Waals surface area contributed by atoms with Gasteiger partial charge in [0.15, 0.2) is 0 Å². The van der Waals surface area contributed by atoms with E-state index in [1.165, 1.54) is 0 Å². The number of nitrogens with two attached hydrogens (primary N) is 1. The van der Waals surface area contributed by atoms with Crippen LogP contribution in [-0.2, 0) is 0 Å². The lowest BCUT2D eigenvalue weighted by Gasteiger charge is -2.10. The van der Waals surface area contributed by atoms with Crippen LogP contribution in [0.2, 0.25) is 0 Å². The van der Waals surface area contributed by atoms with Crippen LogP contribution in [-0.4, -0.2) is 17.1 Å². The van der Waals surface area contributed by atoms with Crippen LogP contribution in [0.4, 0.5) is 0 Å². The average molecular weight is 243 g/mol. The van der Waals surface area contributed by atoms with Gasteiger partial charge in [-0.1, -0.05) is 25.1 Å². The first-order valence-electron chi connectivity index (χ1n) is 5.96. The highest BCUT2D eigenvalue weighted by Gasteiger charge is 2.06. The summed E-state index contributed by atoms with van der Waals surface area (Å²) in [5.74, 6) is 0. The van der Waals surface area contributed by atoms with Crippen LogP contribution in [0.25, 0.3) is 11.1 Å². The minimum absolute atomic E-state index is 0.0733. The molecule has 4 heteroatoms. The molecule has 0 aliphatic rings. The Balaban J connectivity index is 2.32. The van der Waals surface area contributed by atoms with E-state index in [9.17, 15) is 0 Å². The molecule has 0 bridgehead atoms. The summed E-state index contributed by atoms with van der Waals surface area (Å²) in [6.07, 6.45) is 4.42. The van der Waals surface area contributed by atoms with Crippen LogP contribution in [0, 0.1) is 0 Å². The lowest BCUT2D eigenvalue weighted by Crippen LogP contribution is -2.08. The molecule has 2 N–H and O–H groups in total. The molecular formula is C14H17N3O. The van der Waals surface area contributed by atoms with Crippen molar-refractivity contribution >= 4 is 0 Å². The fourth-order valence-electron chi connectivity index (χ4n) is 1.76. The van der Waals surface area contributed by atoms with Gasteiger partial charge in [-0.25, -0.2) is 9.97 Å². The maximum atomic E-state index is 6.04. The van der Waals surface area contributed by atoms with Crippen LogP contribution in [0.3, 0.4) is 0 Å². The highest BCUT2D eigenvalue weighted by atomic mass is 16.5. The normalized spacial score (nSPS) is 12.2. The van der Waals surface area contributed by atoms with Crippen molar-refractivity contribution in [2.75, 3.05) is 7.11 Å². The van der Waals surface area contributed by atoms with E-state index < -0.39 is 0 Å². The Hall–Kier alpha value is -1.94. The zero-order chi connectivity index (χ0) is 13.0. The smallest absolute Gasteiger partial charge is 0.316 e. The third-order valence-corrected chi connectivity index (χ3v) is 2.90. The summed E-state index contributed by atoms with van der Waals surface area (Å²) in [5, 5.41) is 0. The van der Waals surface area contributed by atoms with Crippen molar-refractivity contribution < 1.29 is 4.74 Å². The van der Waals surface area contributed by atoms with Gasteiger partial charge < -0.3 is 10.5 Å². The number of hydrogen-bond donors (Lipinski definition) is 1. The molecule has 1 heterocycles. The molecule has 94 valence electrons. The van der Waals surface area contributed by atoms with Crippen molar-refractivity contribution in [1.29, 1.82) is 0 Å². The van der Waals surface area contributed by atoms with E-state index in [1.54, 1.807) is 19.5 Å². The second-order valence-corrected chi connectivity index (χ2v) is 4.10. The van der Waals surface area contributed by atoms with Crippen LogP contribution < -0.4 is 10.5 Å². The highest BCUT2D eigenvalue weighted by Crippen LogP contribution is 2.23. The lowest BCUT2D eigenvalue weighted by atomic mass is 10.0. The van der Waals surface area contributed by atoms with Gasteiger partial charge in [-0.15, -0.1) is 0 Å². The minimum atomic E-state index is 0.0733. The van der Waals surface area contributed by atoms with Gasteiger partial charge in [0.25, 0.3) is 0 Å². The fraction of sp³-hybridized carbons (Fsp3) is 0.286. The van der Waals surface area contributed by atoms with E-state index in [2.05, 4.69) is 23.0 Å². The Morgan fingerprint density at radius 2 is 1.94 bits per heavy atom. The van der Waals surface area contributed by atoms with E-state index in [4.69, 9.17) is 10.5 Å². The van der Waals surface area contributed by atoms with E-state index in [-0.39, 0.29) is 6.04 Å². The second-order valence-electron chi connectivity index (χ2n) is 4.10. The van der Waals surface area contributed by atoms with Gasteiger partial charge in [0.05, 0.1) is 7.11 Å². The summed E-state index contributed by atoms with van der Waals surface area (Å²) in [4.78, 5) is 8.21. The third kappa shape index (κ3) is 2.65. The van der Waals surface area contributed by atoms with Gasteiger partial charge in [-0.3, -0.25) is 0 Å². The zero-order valence-corrected chi connectivity index (χ0v) is 10.6.